The average molecular weight is 255 g/mol. The molecule has 0 aliphatic carbocycles. The number of hydrogen-bond donors (Lipinski definition) is 1. The Labute approximate surface area is 91.4 Å². The van der Waals surface area contributed by atoms with Gasteiger partial charge in [0.25, 0.3) is 0 Å². The molecule has 0 amide bonds. The summed E-state index contributed by atoms with van der Waals surface area (Å²) in [5.74, 6) is -0.0767. The lowest BCUT2D eigenvalue weighted by Gasteiger charge is -2.05. The number of allylic oxidation sites excluding steroid dienone is 2. The van der Waals surface area contributed by atoms with Gasteiger partial charge < -0.3 is 5.11 Å². The molecule has 3 heteroatoms. The number of benzene rings is 1. The van der Waals surface area contributed by atoms with E-state index in [1.807, 2.05) is 12.1 Å². The van der Waals surface area contributed by atoms with E-state index in [9.17, 15) is 9.90 Å². The molecule has 0 atom stereocenters. The van der Waals surface area contributed by atoms with Crippen molar-refractivity contribution in [2.24, 2.45) is 0 Å². The Bertz CT molecular complexity index is 373. The van der Waals surface area contributed by atoms with Crippen molar-refractivity contribution in [3.63, 3.8) is 0 Å². The molecule has 0 radical (unpaired) electrons. The maximum absolute atomic E-state index is 11.2. The lowest BCUT2D eigenvalue weighted by molar-refractivity contribution is -0.111. The molecule has 0 fully saturated rings. The van der Waals surface area contributed by atoms with Crippen LogP contribution in [-0.2, 0) is 4.79 Å². The zero-order chi connectivity index (χ0) is 10.7. The molecule has 0 unspecified atom stereocenters. The summed E-state index contributed by atoms with van der Waals surface area (Å²) in [6.07, 6.45) is 0. The maximum Gasteiger partial charge on any atom is 0.163 e. The Kier molecular flexibility index (Phi) is 3.47. The molecule has 1 rings (SSSR count). The Morgan fingerprint density at radius 2 is 1.71 bits per heavy atom. The predicted molar refractivity (Wildman–Crippen MR) is 60.0 cm³/mol. The molecule has 0 saturated carbocycles. The minimum atomic E-state index is -0.132. The van der Waals surface area contributed by atoms with Crippen molar-refractivity contribution in [1.82, 2.24) is 0 Å². The van der Waals surface area contributed by atoms with Crippen molar-refractivity contribution in [2.75, 3.05) is 0 Å². The maximum atomic E-state index is 11.2. The van der Waals surface area contributed by atoms with Gasteiger partial charge in [0, 0.05) is 4.47 Å². The minimum Gasteiger partial charge on any atom is -0.512 e. The fourth-order valence-corrected chi connectivity index (χ4v) is 1.55. The highest BCUT2D eigenvalue weighted by Crippen LogP contribution is 2.20. The molecule has 0 heterocycles. The van der Waals surface area contributed by atoms with E-state index in [0.29, 0.717) is 5.57 Å². The highest BCUT2D eigenvalue weighted by molar-refractivity contribution is 9.10. The molecule has 1 N–H and O–H groups in total. The molecule has 1 aromatic carbocycles. The van der Waals surface area contributed by atoms with Gasteiger partial charge in [0.1, 0.15) is 5.76 Å². The summed E-state index contributed by atoms with van der Waals surface area (Å²) >= 11 is 3.31. The number of carbonyl (C=O) groups excluding carboxylic acids is 1. The van der Waals surface area contributed by atoms with Crippen molar-refractivity contribution in [3.8, 4) is 0 Å². The second-order valence-corrected chi connectivity index (χ2v) is 3.94. The van der Waals surface area contributed by atoms with E-state index in [1.165, 1.54) is 13.8 Å². The molecular formula is C11H11BrO2. The number of aliphatic hydroxyl groups excluding tert-OH is 1. The van der Waals surface area contributed by atoms with Crippen LogP contribution in [0.3, 0.4) is 0 Å². The smallest absolute Gasteiger partial charge is 0.163 e. The summed E-state index contributed by atoms with van der Waals surface area (Å²) in [7, 11) is 0. The summed E-state index contributed by atoms with van der Waals surface area (Å²) in [5.41, 5.74) is 1.11. The summed E-state index contributed by atoms with van der Waals surface area (Å²) in [6, 6.07) is 7.25. The molecule has 0 spiro atoms. The van der Waals surface area contributed by atoms with Crippen LogP contribution in [0, 0.1) is 0 Å². The van der Waals surface area contributed by atoms with Crippen LogP contribution in [0.1, 0.15) is 19.4 Å². The van der Waals surface area contributed by atoms with Crippen LogP contribution in [0.15, 0.2) is 34.5 Å². The minimum absolute atomic E-state index is 0.0554. The Morgan fingerprint density at radius 3 is 2.07 bits per heavy atom. The molecule has 0 bridgehead atoms. The van der Waals surface area contributed by atoms with E-state index in [-0.39, 0.29) is 11.5 Å². The first-order chi connectivity index (χ1) is 6.52. The molecule has 74 valence electrons. The normalized spacial score (nSPS) is 12.2. The lowest BCUT2D eigenvalue weighted by Crippen LogP contribution is -1.99. The summed E-state index contributed by atoms with van der Waals surface area (Å²) in [4.78, 5) is 11.2. The van der Waals surface area contributed by atoms with Gasteiger partial charge in [-0.25, -0.2) is 0 Å². The fourth-order valence-electron chi connectivity index (χ4n) is 1.28. The number of rotatable bonds is 2. The molecule has 0 saturated heterocycles. The second kappa shape index (κ2) is 4.42. The van der Waals surface area contributed by atoms with Gasteiger partial charge in [0.05, 0.1) is 5.57 Å². The zero-order valence-corrected chi connectivity index (χ0v) is 9.63. The highest BCUT2D eigenvalue weighted by Gasteiger charge is 2.10. The first-order valence-corrected chi connectivity index (χ1v) is 4.98. The van der Waals surface area contributed by atoms with Gasteiger partial charge in [-0.05, 0) is 31.5 Å². The van der Waals surface area contributed by atoms with Crippen molar-refractivity contribution < 1.29 is 9.90 Å². The molecule has 14 heavy (non-hydrogen) atoms. The predicted octanol–water partition coefficient (Wildman–Crippen LogP) is 3.33. The fraction of sp³-hybridized carbons (Fsp3) is 0.182. The first kappa shape index (κ1) is 11.0. The third-order valence-corrected chi connectivity index (χ3v) is 2.38. The Morgan fingerprint density at radius 1 is 1.21 bits per heavy atom. The SMILES string of the molecule is CC(=O)/C(=C(/C)O)c1ccc(Br)cc1. The van der Waals surface area contributed by atoms with Gasteiger partial charge in [-0.15, -0.1) is 0 Å². The molecule has 1 aromatic rings. The third-order valence-electron chi connectivity index (χ3n) is 1.85. The van der Waals surface area contributed by atoms with Crippen molar-refractivity contribution in [1.29, 1.82) is 0 Å². The third kappa shape index (κ3) is 2.45. The average Bonchev–Trinajstić information content (AvgIpc) is 2.07. The lowest BCUT2D eigenvalue weighted by atomic mass is 10.0. The number of carbonyl (C=O) groups is 1. The van der Waals surface area contributed by atoms with Crippen LogP contribution in [-0.4, -0.2) is 10.9 Å². The molecule has 0 aliphatic heterocycles. The largest absolute Gasteiger partial charge is 0.512 e. The van der Waals surface area contributed by atoms with Gasteiger partial charge in [-0.1, -0.05) is 28.1 Å². The zero-order valence-electron chi connectivity index (χ0n) is 8.04. The summed E-state index contributed by atoms with van der Waals surface area (Å²) < 4.78 is 0.944. The summed E-state index contributed by atoms with van der Waals surface area (Å²) in [5, 5.41) is 9.35. The number of aliphatic hydroxyl groups is 1. The van der Waals surface area contributed by atoms with Gasteiger partial charge in [-0.3, -0.25) is 4.79 Å². The number of hydrogen-bond acceptors (Lipinski definition) is 2. The molecule has 2 nitrogen and oxygen atoms in total. The Hall–Kier alpha value is -1.09. The number of Topliss-reactive ketones (excluding diaryl/α,β-unsaturated/α-hetero) is 1. The number of ketones is 1. The van der Waals surface area contributed by atoms with Crippen LogP contribution in [0.2, 0.25) is 0 Å². The van der Waals surface area contributed by atoms with Crippen LogP contribution in [0.4, 0.5) is 0 Å². The van der Waals surface area contributed by atoms with E-state index in [4.69, 9.17) is 0 Å². The van der Waals surface area contributed by atoms with Gasteiger partial charge in [0.2, 0.25) is 0 Å². The standard InChI is InChI=1S/C11H11BrO2/c1-7(13)11(8(2)14)9-3-5-10(12)6-4-9/h3-6,13H,1-2H3/b11-7+. The van der Waals surface area contributed by atoms with Crippen molar-refractivity contribution in [2.45, 2.75) is 13.8 Å². The quantitative estimate of drug-likeness (QED) is 0.650. The van der Waals surface area contributed by atoms with Crippen LogP contribution >= 0.6 is 15.9 Å². The highest BCUT2D eigenvalue weighted by atomic mass is 79.9. The van der Waals surface area contributed by atoms with Crippen molar-refractivity contribution in [3.05, 3.63) is 40.1 Å². The van der Waals surface area contributed by atoms with Crippen LogP contribution in [0.5, 0.6) is 0 Å². The molecular weight excluding hydrogens is 244 g/mol. The molecule has 0 aromatic heterocycles. The van der Waals surface area contributed by atoms with E-state index in [0.717, 1.165) is 10.0 Å². The first-order valence-electron chi connectivity index (χ1n) is 4.19. The number of halogens is 1. The van der Waals surface area contributed by atoms with E-state index < -0.39 is 0 Å². The second-order valence-electron chi connectivity index (χ2n) is 3.02. The van der Waals surface area contributed by atoms with E-state index in [1.54, 1.807) is 12.1 Å². The Balaban J connectivity index is 3.21. The van der Waals surface area contributed by atoms with Gasteiger partial charge in [0.15, 0.2) is 5.78 Å². The van der Waals surface area contributed by atoms with Gasteiger partial charge >= 0.3 is 0 Å². The summed E-state index contributed by atoms with van der Waals surface area (Å²) in [6.45, 7) is 2.95. The molecule has 0 aliphatic rings. The topological polar surface area (TPSA) is 37.3 Å². The van der Waals surface area contributed by atoms with Crippen LogP contribution in [0.25, 0.3) is 5.57 Å². The monoisotopic (exact) mass is 254 g/mol. The van der Waals surface area contributed by atoms with Gasteiger partial charge in [-0.2, -0.15) is 0 Å². The van der Waals surface area contributed by atoms with E-state index in [2.05, 4.69) is 15.9 Å². The van der Waals surface area contributed by atoms with Crippen molar-refractivity contribution >= 4 is 27.3 Å². The van der Waals surface area contributed by atoms with E-state index >= 15 is 0 Å². The van der Waals surface area contributed by atoms with Crippen LogP contribution < -0.4 is 0 Å².